The van der Waals surface area contributed by atoms with Gasteiger partial charge in [0.2, 0.25) is 17.7 Å². The minimum atomic E-state index is -1.16. The Balaban J connectivity index is 2.16. The molecule has 3 saturated heterocycles. The predicted octanol–water partition coefficient (Wildman–Crippen LogP) is 3.38. The number of fused-ring (bicyclic) bond motifs is 1. The van der Waals surface area contributed by atoms with Gasteiger partial charge in [-0.3, -0.25) is 14.4 Å². The van der Waals surface area contributed by atoms with E-state index in [2.05, 4.69) is 49.9 Å². The van der Waals surface area contributed by atoms with Gasteiger partial charge in [-0.15, -0.1) is 13.2 Å². The van der Waals surface area contributed by atoms with Gasteiger partial charge in [0.05, 0.1) is 30.6 Å². The fourth-order valence-corrected chi connectivity index (χ4v) is 8.22. The number of amides is 3. The van der Waals surface area contributed by atoms with Crippen molar-refractivity contribution in [2.45, 2.75) is 95.0 Å². The van der Waals surface area contributed by atoms with E-state index < -0.39 is 41.2 Å². The van der Waals surface area contributed by atoms with E-state index in [4.69, 9.17) is 4.74 Å². The van der Waals surface area contributed by atoms with Gasteiger partial charge in [-0.2, -0.15) is 0 Å². The number of halogens is 1. The summed E-state index contributed by atoms with van der Waals surface area (Å²) in [4.78, 5) is 47.3. The van der Waals surface area contributed by atoms with E-state index in [0.717, 1.165) is 6.42 Å². The van der Waals surface area contributed by atoms with Gasteiger partial charge in [0, 0.05) is 30.5 Å². The molecule has 3 amide bonds. The molecule has 8 nitrogen and oxygen atoms in total. The summed E-state index contributed by atoms with van der Waals surface area (Å²) in [5.41, 5.74) is -1.76. The highest BCUT2D eigenvalue weighted by atomic mass is 79.9. The Bertz CT molecular complexity index is 958. The monoisotopic (exact) mass is 595 g/mol. The van der Waals surface area contributed by atoms with E-state index >= 15 is 0 Å². The third kappa shape index (κ3) is 5.10. The number of ether oxygens (including phenoxy) is 1. The number of hydrogen-bond donors (Lipinski definition) is 1. The Morgan fingerprint density at radius 2 is 1.82 bits per heavy atom. The zero-order chi connectivity index (χ0) is 28.8. The average Bonchev–Trinajstić information content (AvgIpc) is 3.40. The van der Waals surface area contributed by atoms with Crippen LogP contribution in [0.1, 0.15) is 60.8 Å². The predicted molar refractivity (Wildman–Crippen MR) is 152 cm³/mol. The summed E-state index contributed by atoms with van der Waals surface area (Å²) in [7, 11) is 1.69. The summed E-state index contributed by atoms with van der Waals surface area (Å²) in [6.45, 7) is 20.4. The van der Waals surface area contributed by atoms with Crippen molar-refractivity contribution in [3.8, 4) is 0 Å². The molecule has 0 saturated carbocycles. The van der Waals surface area contributed by atoms with E-state index in [1.165, 1.54) is 0 Å². The van der Waals surface area contributed by atoms with Crippen LogP contribution in [0.3, 0.4) is 0 Å². The molecule has 0 aromatic rings. The molecule has 0 aliphatic carbocycles. The van der Waals surface area contributed by atoms with Gasteiger partial charge in [-0.25, -0.2) is 0 Å². The number of rotatable bonds is 11. The lowest BCUT2D eigenvalue weighted by Crippen LogP contribution is -2.62. The van der Waals surface area contributed by atoms with Crippen LogP contribution in [0.25, 0.3) is 0 Å². The zero-order valence-corrected chi connectivity index (χ0v) is 25.7. The molecule has 214 valence electrons. The molecule has 9 heteroatoms. The lowest BCUT2D eigenvalue weighted by Gasteiger charge is -2.46. The number of aliphatic hydroxyl groups excluding tert-OH is 1. The highest BCUT2D eigenvalue weighted by Gasteiger charge is 2.77. The van der Waals surface area contributed by atoms with Crippen LogP contribution in [0.15, 0.2) is 25.3 Å². The summed E-state index contributed by atoms with van der Waals surface area (Å²) in [6.07, 6.45) is 4.46. The molecule has 3 fully saturated rings. The Morgan fingerprint density at radius 1 is 1.21 bits per heavy atom. The van der Waals surface area contributed by atoms with Crippen LogP contribution in [-0.4, -0.2) is 98.4 Å². The molecular formula is C29H46BrN3O5. The number of carbonyl (C=O) groups excluding carboxylic acids is 3. The van der Waals surface area contributed by atoms with Crippen molar-refractivity contribution in [3.63, 3.8) is 0 Å². The van der Waals surface area contributed by atoms with Crippen LogP contribution in [0.5, 0.6) is 0 Å². The highest BCUT2D eigenvalue weighted by molar-refractivity contribution is 9.09. The second kappa shape index (κ2) is 11.0. The topological polar surface area (TPSA) is 90.4 Å². The number of likely N-dealkylation sites (N-methyl/N-ethyl adjacent to an activating group) is 1. The summed E-state index contributed by atoms with van der Waals surface area (Å²) >= 11 is 3.72. The summed E-state index contributed by atoms with van der Waals surface area (Å²) in [6, 6.07) is -1.52. The molecule has 0 radical (unpaired) electrons. The van der Waals surface area contributed by atoms with E-state index in [1.807, 2.05) is 20.8 Å². The Kier molecular flexibility index (Phi) is 8.96. The molecular weight excluding hydrogens is 550 g/mol. The average molecular weight is 597 g/mol. The van der Waals surface area contributed by atoms with Crippen molar-refractivity contribution in [2.24, 2.45) is 17.3 Å². The minimum absolute atomic E-state index is 0.0528. The smallest absolute Gasteiger partial charge is 0.249 e. The Labute approximate surface area is 236 Å². The molecule has 0 aromatic heterocycles. The van der Waals surface area contributed by atoms with Gasteiger partial charge >= 0.3 is 0 Å². The summed E-state index contributed by atoms with van der Waals surface area (Å²) in [5, 5.41) is 10.3. The zero-order valence-electron chi connectivity index (χ0n) is 24.1. The standard InChI is InChI=1S/C29H46BrN3O5/c1-10-13-31(9)24(35)20-21-25(36)33(18(12-3)16-34)23(29(21)15-19(30)22(20)38-29)26(37)32(14-11-2)28(7,8)17-27(4,5)6/h10-11,18-23,34H,1-2,12-17H2,3-9H3/t18-,19?,20+,21-,22+,23?,29?/m0/s1. The van der Waals surface area contributed by atoms with E-state index in [-0.39, 0.29) is 34.6 Å². The maximum atomic E-state index is 14.7. The second-order valence-corrected chi connectivity index (χ2v) is 14.1. The van der Waals surface area contributed by atoms with Gasteiger partial charge in [0.15, 0.2) is 0 Å². The van der Waals surface area contributed by atoms with Crippen LogP contribution in [0.2, 0.25) is 0 Å². The van der Waals surface area contributed by atoms with Crippen molar-refractivity contribution in [1.29, 1.82) is 0 Å². The van der Waals surface area contributed by atoms with Gasteiger partial charge in [0.1, 0.15) is 11.6 Å². The molecule has 38 heavy (non-hydrogen) atoms. The van der Waals surface area contributed by atoms with Crippen molar-refractivity contribution >= 4 is 33.7 Å². The molecule has 3 rings (SSSR count). The number of likely N-dealkylation sites (tertiary alicyclic amines) is 1. The van der Waals surface area contributed by atoms with Gasteiger partial charge in [-0.05, 0) is 38.5 Å². The Hall–Kier alpha value is -1.71. The molecule has 1 N–H and O–H groups in total. The first-order valence-corrected chi connectivity index (χ1v) is 14.6. The Morgan fingerprint density at radius 3 is 2.32 bits per heavy atom. The molecule has 3 unspecified atom stereocenters. The quantitative estimate of drug-likeness (QED) is 0.292. The molecule has 3 aliphatic heterocycles. The summed E-state index contributed by atoms with van der Waals surface area (Å²) in [5.74, 6) is -2.23. The van der Waals surface area contributed by atoms with Gasteiger partial charge in [-0.1, -0.05) is 55.8 Å². The maximum Gasteiger partial charge on any atom is 0.249 e. The van der Waals surface area contributed by atoms with Crippen molar-refractivity contribution in [3.05, 3.63) is 25.3 Å². The fraction of sp³-hybridized carbons (Fsp3) is 0.759. The first-order valence-electron chi connectivity index (χ1n) is 13.6. The first kappa shape index (κ1) is 30.8. The van der Waals surface area contributed by atoms with Crippen LogP contribution in [-0.2, 0) is 19.1 Å². The van der Waals surface area contributed by atoms with Crippen LogP contribution >= 0.6 is 15.9 Å². The van der Waals surface area contributed by atoms with Gasteiger partial charge < -0.3 is 24.5 Å². The molecule has 7 atom stereocenters. The lowest BCUT2D eigenvalue weighted by atomic mass is 9.70. The van der Waals surface area contributed by atoms with Crippen molar-refractivity contribution in [1.82, 2.24) is 14.7 Å². The van der Waals surface area contributed by atoms with Gasteiger partial charge in [0.25, 0.3) is 0 Å². The molecule has 3 aliphatic rings. The van der Waals surface area contributed by atoms with E-state index in [1.54, 1.807) is 33.9 Å². The SMILES string of the molecule is C=CCN(C)C(=O)[C@H]1[C@@H]2OC3(CC2Br)C(C(=O)N(CC=C)C(C)(C)CC(C)(C)C)N([C@@H](CC)CO)C(=O)[C@H]13. The highest BCUT2D eigenvalue weighted by Crippen LogP contribution is 2.61. The van der Waals surface area contributed by atoms with E-state index in [9.17, 15) is 19.5 Å². The largest absolute Gasteiger partial charge is 0.394 e. The van der Waals surface area contributed by atoms with Crippen LogP contribution < -0.4 is 0 Å². The normalized spacial score (nSPS) is 31.2. The number of carbonyl (C=O) groups is 3. The lowest BCUT2D eigenvalue weighted by molar-refractivity contribution is -0.155. The van der Waals surface area contributed by atoms with Crippen molar-refractivity contribution < 1.29 is 24.2 Å². The molecule has 1 spiro atoms. The maximum absolute atomic E-state index is 14.7. The second-order valence-electron chi connectivity index (χ2n) is 12.9. The molecule has 2 bridgehead atoms. The third-order valence-electron chi connectivity index (χ3n) is 8.37. The van der Waals surface area contributed by atoms with E-state index in [0.29, 0.717) is 25.9 Å². The number of aliphatic hydroxyl groups is 1. The van der Waals surface area contributed by atoms with Crippen LogP contribution in [0, 0.1) is 17.3 Å². The molecule has 3 heterocycles. The summed E-state index contributed by atoms with van der Waals surface area (Å²) < 4.78 is 6.64. The van der Waals surface area contributed by atoms with Crippen LogP contribution in [0.4, 0.5) is 0 Å². The minimum Gasteiger partial charge on any atom is -0.394 e. The molecule has 0 aromatic carbocycles. The number of hydrogen-bond acceptors (Lipinski definition) is 5. The van der Waals surface area contributed by atoms with Crippen molar-refractivity contribution in [2.75, 3.05) is 26.7 Å². The third-order valence-corrected chi connectivity index (χ3v) is 9.22. The fourth-order valence-electron chi connectivity index (χ4n) is 7.28. The first-order chi connectivity index (χ1) is 17.6. The number of alkyl halides is 1. The number of nitrogens with zero attached hydrogens (tertiary/aromatic N) is 3.